The fourth-order valence-electron chi connectivity index (χ4n) is 1.07. The fraction of sp³-hybridized carbons (Fsp3) is 0.636. The van der Waals surface area contributed by atoms with Crippen LogP contribution in [0.25, 0.3) is 0 Å². The van der Waals surface area contributed by atoms with Crippen molar-refractivity contribution < 1.29 is 0 Å². The molecule has 0 aliphatic rings. The van der Waals surface area contributed by atoms with Crippen molar-refractivity contribution in [2.75, 3.05) is 0 Å². The topological polar surface area (TPSA) is 41.6 Å². The molecule has 76 valence electrons. The first-order valence-electron chi connectivity index (χ1n) is 4.74. The van der Waals surface area contributed by atoms with Crippen LogP contribution >= 0.6 is 0 Å². The van der Waals surface area contributed by atoms with Gasteiger partial charge in [0.25, 0.3) is 0 Å². The number of nitrogens with zero attached hydrogens (tertiary/aromatic N) is 3. The molecule has 0 aliphatic heterocycles. The summed E-state index contributed by atoms with van der Waals surface area (Å²) in [5.74, 6) is 0. The molecule has 0 atom stereocenters. The number of hydrogen-bond donors (Lipinski definition) is 0. The van der Waals surface area contributed by atoms with Crippen LogP contribution in [0.2, 0.25) is 0 Å². The average molecular weight is 191 g/mol. The first-order valence-corrected chi connectivity index (χ1v) is 4.74. The van der Waals surface area contributed by atoms with E-state index in [4.69, 9.17) is 5.26 Å². The van der Waals surface area contributed by atoms with Gasteiger partial charge in [-0.05, 0) is 24.8 Å². The van der Waals surface area contributed by atoms with Gasteiger partial charge in [-0.25, -0.2) is 0 Å². The zero-order valence-electron chi connectivity index (χ0n) is 9.50. The van der Waals surface area contributed by atoms with Crippen molar-refractivity contribution in [1.29, 1.82) is 5.26 Å². The normalized spacial score (nSPS) is 12.6. The lowest BCUT2D eigenvalue weighted by molar-refractivity contribution is 0.417. The Labute approximate surface area is 85.4 Å². The van der Waals surface area contributed by atoms with Gasteiger partial charge >= 0.3 is 0 Å². The minimum atomic E-state index is -0.566. The first kappa shape index (κ1) is 10.8. The van der Waals surface area contributed by atoms with E-state index < -0.39 is 5.54 Å². The summed E-state index contributed by atoms with van der Waals surface area (Å²) in [5, 5.41) is 13.2. The molecule has 1 heterocycles. The summed E-state index contributed by atoms with van der Waals surface area (Å²) in [7, 11) is 0. The molecule has 0 aliphatic carbocycles. The van der Waals surface area contributed by atoms with Crippen molar-refractivity contribution in [3.63, 3.8) is 0 Å². The van der Waals surface area contributed by atoms with Crippen molar-refractivity contribution in [3.8, 4) is 6.07 Å². The molecule has 3 nitrogen and oxygen atoms in total. The molecular formula is C11H17N3. The van der Waals surface area contributed by atoms with Gasteiger partial charge in [-0.1, -0.05) is 20.8 Å². The van der Waals surface area contributed by atoms with Gasteiger partial charge in [0.1, 0.15) is 5.54 Å². The summed E-state index contributed by atoms with van der Waals surface area (Å²) in [5.41, 5.74) is 0.675. The minimum absolute atomic E-state index is 0.0871. The summed E-state index contributed by atoms with van der Waals surface area (Å²) in [6.07, 6.45) is 3.78. The first-order chi connectivity index (χ1) is 6.27. The molecule has 0 bridgehead atoms. The Kier molecular flexibility index (Phi) is 2.41. The summed E-state index contributed by atoms with van der Waals surface area (Å²) >= 11 is 0. The standard InChI is InChI=1S/C11H17N3/c1-10(2,3)9-6-13-14(7-9)11(4,5)8-12/h6-7H,1-5H3. The van der Waals surface area contributed by atoms with Crippen LogP contribution in [-0.2, 0) is 11.0 Å². The van der Waals surface area contributed by atoms with Crippen LogP contribution in [0.1, 0.15) is 40.2 Å². The molecule has 0 fully saturated rings. The molecule has 0 amide bonds. The summed E-state index contributed by atoms with van der Waals surface area (Å²) in [6, 6.07) is 2.22. The lowest BCUT2D eigenvalue weighted by atomic mass is 9.90. The molecule has 0 radical (unpaired) electrons. The largest absolute Gasteiger partial charge is 0.253 e. The smallest absolute Gasteiger partial charge is 0.143 e. The molecule has 1 aromatic rings. The Morgan fingerprint density at radius 1 is 1.29 bits per heavy atom. The van der Waals surface area contributed by atoms with Gasteiger partial charge in [0, 0.05) is 6.20 Å². The highest BCUT2D eigenvalue weighted by Gasteiger charge is 2.23. The van der Waals surface area contributed by atoms with E-state index in [-0.39, 0.29) is 5.41 Å². The lowest BCUT2D eigenvalue weighted by Gasteiger charge is -2.17. The van der Waals surface area contributed by atoms with E-state index in [2.05, 4.69) is 31.9 Å². The zero-order valence-corrected chi connectivity index (χ0v) is 9.50. The van der Waals surface area contributed by atoms with Gasteiger partial charge < -0.3 is 0 Å². The van der Waals surface area contributed by atoms with Gasteiger partial charge in [0.2, 0.25) is 0 Å². The Hall–Kier alpha value is -1.30. The van der Waals surface area contributed by atoms with Crippen molar-refractivity contribution in [2.24, 2.45) is 0 Å². The van der Waals surface area contributed by atoms with E-state index >= 15 is 0 Å². The molecule has 0 saturated heterocycles. The van der Waals surface area contributed by atoms with Crippen molar-refractivity contribution in [2.45, 2.75) is 45.6 Å². The van der Waals surface area contributed by atoms with E-state index in [9.17, 15) is 0 Å². The predicted octanol–water partition coefficient (Wildman–Crippen LogP) is 2.44. The van der Waals surface area contributed by atoms with E-state index in [0.717, 1.165) is 5.56 Å². The highest BCUT2D eigenvalue weighted by atomic mass is 15.3. The summed E-state index contributed by atoms with van der Waals surface area (Å²) in [6.45, 7) is 10.1. The predicted molar refractivity (Wildman–Crippen MR) is 55.9 cm³/mol. The van der Waals surface area contributed by atoms with Crippen LogP contribution in [0.5, 0.6) is 0 Å². The third kappa shape index (κ3) is 1.95. The number of nitriles is 1. The van der Waals surface area contributed by atoms with E-state index in [1.807, 2.05) is 26.2 Å². The van der Waals surface area contributed by atoms with E-state index in [0.29, 0.717) is 0 Å². The van der Waals surface area contributed by atoms with E-state index in [1.54, 1.807) is 4.68 Å². The van der Waals surface area contributed by atoms with Crippen LogP contribution in [0, 0.1) is 11.3 Å². The number of rotatable bonds is 1. The van der Waals surface area contributed by atoms with Gasteiger partial charge in [0.15, 0.2) is 0 Å². The van der Waals surface area contributed by atoms with Gasteiger partial charge in [-0.3, -0.25) is 4.68 Å². The van der Waals surface area contributed by atoms with Crippen LogP contribution in [0.4, 0.5) is 0 Å². The Balaban J connectivity index is 3.08. The highest BCUT2D eigenvalue weighted by molar-refractivity contribution is 5.17. The monoisotopic (exact) mass is 191 g/mol. The zero-order chi connectivity index (χ0) is 11.0. The van der Waals surface area contributed by atoms with Crippen LogP contribution in [0.15, 0.2) is 12.4 Å². The maximum Gasteiger partial charge on any atom is 0.143 e. The molecule has 1 aromatic heterocycles. The second-order valence-corrected chi connectivity index (χ2v) is 5.09. The maximum atomic E-state index is 8.95. The Bertz CT molecular complexity index is 361. The second-order valence-electron chi connectivity index (χ2n) is 5.09. The third-order valence-corrected chi connectivity index (χ3v) is 2.29. The van der Waals surface area contributed by atoms with Crippen LogP contribution in [-0.4, -0.2) is 9.78 Å². The molecule has 0 unspecified atom stereocenters. The Morgan fingerprint density at radius 2 is 1.86 bits per heavy atom. The fourth-order valence-corrected chi connectivity index (χ4v) is 1.07. The summed E-state index contributed by atoms with van der Waals surface area (Å²) in [4.78, 5) is 0. The molecule has 1 rings (SSSR count). The van der Waals surface area contributed by atoms with Gasteiger partial charge in [-0.15, -0.1) is 0 Å². The van der Waals surface area contributed by atoms with Crippen LogP contribution in [0.3, 0.4) is 0 Å². The van der Waals surface area contributed by atoms with E-state index in [1.165, 1.54) is 0 Å². The number of hydrogen-bond acceptors (Lipinski definition) is 2. The SMILES string of the molecule is CC(C)(C)c1cnn(C(C)(C)C#N)c1. The summed E-state index contributed by atoms with van der Waals surface area (Å²) < 4.78 is 1.72. The van der Waals surface area contributed by atoms with Crippen molar-refractivity contribution in [1.82, 2.24) is 9.78 Å². The van der Waals surface area contributed by atoms with Crippen molar-refractivity contribution >= 4 is 0 Å². The lowest BCUT2D eigenvalue weighted by Crippen LogP contribution is -2.24. The molecular weight excluding hydrogens is 174 g/mol. The minimum Gasteiger partial charge on any atom is -0.253 e. The highest BCUT2D eigenvalue weighted by Crippen LogP contribution is 2.23. The molecule has 0 spiro atoms. The molecule has 14 heavy (non-hydrogen) atoms. The van der Waals surface area contributed by atoms with Gasteiger partial charge in [0.05, 0.1) is 12.3 Å². The number of aromatic nitrogens is 2. The van der Waals surface area contributed by atoms with Crippen molar-refractivity contribution in [3.05, 3.63) is 18.0 Å². The third-order valence-electron chi connectivity index (χ3n) is 2.29. The van der Waals surface area contributed by atoms with Crippen LogP contribution < -0.4 is 0 Å². The quantitative estimate of drug-likeness (QED) is 0.684. The average Bonchev–Trinajstić information content (AvgIpc) is 2.51. The Morgan fingerprint density at radius 3 is 2.21 bits per heavy atom. The maximum absolute atomic E-state index is 8.95. The molecule has 0 saturated carbocycles. The second kappa shape index (κ2) is 3.13. The van der Waals surface area contributed by atoms with Gasteiger partial charge in [-0.2, -0.15) is 10.4 Å². The molecule has 0 N–H and O–H groups in total. The molecule has 3 heteroatoms. The molecule has 0 aromatic carbocycles.